The summed E-state index contributed by atoms with van der Waals surface area (Å²) < 4.78 is 0. The molecule has 0 aromatic rings. The molecular formula is C7H11N3S. The van der Waals surface area contributed by atoms with Crippen LogP contribution >= 0.6 is 11.8 Å². The molecule has 1 aliphatic carbocycles. The van der Waals surface area contributed by atoms with Crippen molar-refractivity contribution in [1.29, 1.82) is 0 Å². The van der Waals surface area contributed by atoms with Crippen LogP contribution in [0.25, 0.3) is 0 Å². The zero-order valence-electron chi connectivity index (χ0n) is 6.08. The van der Waals surface area contributed by atoms with Crippen molar-refractivity contribution in [2.75, 3.05) is 0 Å². The molecule has 0 spiro atoms. The summed E-state index contributed by atoms with van der Waals surface area (Å²) in [6.07, 6.45) is 7.22. The lowest BCUT2D eigenvalue weighted by Gasteiger charge is -2.17. The molecule has 0 aromatic heterocycles. The average Bonchev–Trinajstić information content (AvgIpc) is 2.21. The highest BCUT2D eigenvalue weighted by Crippen LogP contribution is 2.36. The van der Waals surface area contributed by atoms with Crippen LogP contribution in [0.4, 0.5) is 0 Å². The predicted octanol–water partition coefficient (Wildman–Crippen LogP) is 0.0639. The van der Waals surface area contributed by atoms with Crippen molar-refractivity contribution in [3.8, 4) is 0 Å². The van der Waals surface area contributed by atoms with Gasteiger partial charge in [-0.25, -0.2) is 0 Å². The summed E-state index contributed by atoms with van der Waals surface area (Å²) >= 11 is 1.51. The molecule has 3 nitrogen and oxygen atoms in total. The standard InChI is InChI=1S/C7H11N3S/c8-7(9)10-5-3-1-2-4-6(5)11-7/h1-2,4-5,10H,3,8-9H2. The maximum atomic E-state index is 5.70. The molecule has 2 rings (SSSR count). The zero-order valence-corrected chi connectivity index (χ0v) is 6.90. The molecule has 11 heavy (non-hydrogen) atoms. The Hall–Kier alpha value is -0.290. The maximum absolute atomic E-state index is 5.70. The fraction of sp³-hybridized carbons (Fsp3) is 0.429. The quantitative estimate of drug-likeness (QED) is 0.449. The fourth-order valence-electron chi connectivity index (χ4n) is 1.34. The van der Waals surface area contributed by atoms with Crippen molar-refractivity contribution in [1.82, 2.24) is 5.32 Å². The summed E-state index contributed by atoms with van der Waals surface area (Å²) in [7, 11) is 0. The van der Waals surface area contributed by atoms with Gasteiger partial charge < -0.3 is 0 Å². The number of nitrogens with two attached hydrogens (primary N) is 2. The number of fused-ring (bicyclic) bond motifs is 1. The Kier molecular flexibility index (Phi) is 1.57. The van der Waals surface area contributed by atoms with Gasteiger partial charge in [-0.3, -0.25) is 16.8 Å². The number of hydrogen-bond acceptors (Lipinski definition) is 4. The summed E-state index contributed by atoms with van der Waals surface area (Å²) in [6, 6.07) is 0.347. The molecule has 1 aliphatic heterocycles. The molecule has 60 valence electrons. The number of thioether (sulfide) groups is 1. The summed E-state index contributed by atoms with van der Waals surface area (Å²) in [4.78, 5) is 1.25. The van der Waals surface area contributed by atoms with E-state index in [0.717, 1.165) is 6.42 Å². The predicted molar refractivity (Wildman–Crippen MR) is 47.5 cm³/mol. The van der Waals surface area contributed by atoms with Gasteiger partial charge in [0, 0.05) is 10.9 Å². The highest BCUT2D eigenvalue weighted by Gasteiger charge is 2.35. The fourth-order valence-corrected chi connectivity index (χ4v) is 2.38. The maximum Gasteiger partial charge on any atom is 0.173 e. The molecule has 5 N–H and O–H groups in total. The van der Waals surface area contributed by atoms with Crippen molar-refractivity contribution < 1.29 is 0 Å². The monoisotopic (exact) mass is 169 g/mol. The SMILES string of the molecule is NC1(N)NC2CC=CC=C2S1. The van der Waals surface area contributed by atoms with Crippen molar-refractivity contribution in [2.45, 2.75) is 17.6 Å². The normalized spacial score (nSPS) is 33.3. The van der Waals surface area contributed by atoms with Crippen LogP contribution in [-0.4, -0.2) is 11.2 Å². The molecule has 0 saturated carbocycles. The third-order valence-corrected chi connectivity index (χ3v) is 2.91. The van der Waals surface area contributed by atoms with E-state index in [1.165, 1.54) is 16.7 Å². The summed E-state index contributed by atoms with van der Waals surface area (Å²) in [5, 5.41) is 2.37. The second-order valence-corrected chi connectivity index (χ2v) is 4.18. The van der Waals surface area contributed by atoms with Gasteiger partial charge in [-0.2, -0.15) is 0 Å². The first-order valence-corrected chi connectivity index (χ1v) is 4.40. The molecule has 0 bridgehead atoms. The first-order chi connectivity index (χ1) is 5.17. The van der Waals surface area contributed by atoms with E-state index in [-0.39, 0.29) is 0 Å². The van der Waals surface area contributed by atoms with Crippen LogP contribution < -0.4 is 16.8 Å². The molecule has 1 heterocycles. The van der Waals surface area contributed by atoms with Gasteiger partial charge in [-0.15, -0.1) is 0 Å². The molecule has 2 aliphatic rings. The zero-order chi connectivity index (χ0) is 7.90. The highest BCUT2D eigenvalue weighted by atomic mass is 32.2. The third-order valence-electron chi connectivity index (χ3n) is 1.80. The molecule has 1 fully saturated rings. The molecular weight excluding hydrogens is 158 g/mol. The van der Waals surface area contributed by atoms with Crippen molar-refractivity contribution >= 4 is 11.8 Å². The van der Waals surface area contributed by atoms with E-state index in [9.17, 15) is 0 Å². The van der Waals surface area contributed by atoms with E-state index in [4.69, 9.17) is 11.5 Å². The van der Waals surface area contributed by atoms with E-state index >= 15 is 0 Å². The van der Waals surface area contributed by atoms with Gasteiger partial charge in [0.05, 0.1) is 0 Å². The van der Waals surface area contributed by atoms with Gasteiger partial charge in [-0.05, 0) is 6.42 Å². The molecule has 0 radical (unpaired) electrons. The summed E-state index contributed by atoms with van der Waals surface area (Å²) in [5.41, 5.74) is 11.4. The Morgan fingerprint density at radius 2 is 2.45 bits per heavy atom. The van der Waals surface area contributed by atoms with Crippen LogP contribution in [0.2, 0.25) is 0 Å². The first-order valence-electron chi connectivity index (χ1n) is 3.58. The first kappa shape index (κ1) is 7.36. The summed E-state index contributed by atoms with van der Waals surface area (Å²) in [6.45, 7) is 0. The van der Waals surface area contributed by atoms with Gasteiger partial charge in [0.25, 0.3) is 0 Å². The lowest BCUT2D eigenvalue weighted by molar-refractivity contribution is 0.472. The van der Waals surface area contributed by atoms with E-state index in [2.05, 4.69) is 17.5 Å². The van der Waals surface area contributed by atoms with E-state index < -0.39 is 5.12 Å². The van der Waals surface area contributed by atoms with Gasteiger partial charge in [0.2, 0.25) is 0 Å². The van der Waals surface area contributed by atoms with E-state index in [1.54, 1.807) is 0 Å². The second kappa shape index (κ2) is 2.35. The average molecular weight is 169 g/mol. The Morgan fingerprint density at radius 1 is 1.64 bits per heavy atom. The molecule has 1 unspecified atom stereocenters. The topological polar surface area (TPSA) is 64.1 Å². The smallest absolute Gasteiger partial charge is 0.173 e. The van der Waals surface area contributed by atoms with Crippen LogP contribution in [0.5, 0.6) is 0 Å². The van der Waals surface area contributed by atoms with E-state index in [0.29, 0.717) is 6.04 Å². The van der Waals surface area contributed by atoms with Crippen molar-refractivity contribution in [2.24, 2.45) is 11.5 Å². The van der Waals surface area contributed by atoms with Crippen LogP contribution in [0, 0.1) is 0 Å². The van der Waals surface area contributed by atoms with Crippen LogP contribution in [0.3, 0.4) is 0 Å². The lowest BCUT2D eigenvalue weighted by Crippen LogP contribution is -2.56. The second-order valence-electron chi connectivity index (χ2n) is 2.82. The summed E-state index contributed by atoms with van der Waals surface area (Å²) in [5.74, 6) is 0. The molecule has 0 amide bonds. The minimum Gasteiger partial charge on any atom is -0.292 e. The number of nitrogens with one attached hydrogen (secondary N) is 1. The Bertz CT molecular complexity index is 232. The van der Waals surface area contributed by atoms with Gasteiger partial charge in [0.1, 0.15) is 0 Å². The minimum atomic E-state index is -0.761. The molecule has 1 atom stereocenters. The molecule has 4 heteroatoms. The molecule has 0 aromatic carbocycles. The largest absolute Gasteiger partial charge is 0.292 e. The van der Waals surface area contributed by atoms with Crippen molar-refractivity contribution in [3.63, 3.8) is 0 Å². The Labute approximate surface area is 69.9 Å². The highest BCUT2D eigenvalue weighted by molar-refractivity contribution is 8.04. The van der Waals surface area contributed by atoms with Crippen LogP contribution in [0.15, 0.2) is 23.1 Å². The Balaban J connectivity index is 2.21. The van der Waals surface area contributed by atoms with Gasteiger partial charge in [-0.1, -0.05) is 30.0 Å². The van der Waals surface area contributed by atoms with Gasteiger partial charge >= 0.3 is 0 Å². The van der Waals surface area contributed by atoms with E-state index in [1.807, 2.05) is 6.08 Å². The van der Waals surface area contributed by atoms with Crippen molar-refractivity contribution in [3.05, 3.63) is 23.1 Å². The Morgan fingerprint density at radius 3 is 3.18 bits per heavy atom. The van der Waals surface area contributed by atoms with Crippen LogP contribution in [0.1, 0.15) is 6.42 Å². The lowest BCUT2D eigenvalue weighted by atomic mass is 10.1. The number of rotatable bonds is 0. The molecule has 1 saturated heterocycles. The number of hydrogen-bond donors (Lipinski definition) is 3. The minimum absolute atomic E-state index is 0.347. The third kappa shape index (κ3) is 1.35. The van der Waals surface area contributed by atoms with Crippen LogP contribution in [-0.2, 0) is 0 Å². The number of allylic oxidation sites excluding steroid dienone is 2. The van der Waals surface area contributed by atoms with Gasteiger partial charge in [0.15, 0.2) is 5.12 Å².